The third kappa shape index (κ3) is 6.19. The Balaban J connectivity index is 1.50. The summed E-state index contributed by atoms with van der Waals surface area (Å²) in [6.07, 6.45) is 5.45. The zero-order valence-corrected chi connectivity index (χ0v) is 27.8. The Morgan fingerprint density at radius 2 is 1.73 bits per heavy atom. The molecule has 3 heterocycles. The van der Waals surface area contributed by atoms with Crippen LogP contribution in [0.1, 0.15) is 79.9 Å². The lowest BCUT2D eigenvalue weighted by Crippen LogP contribution is -2.59. The molecular weight excluding hydrogens is 586 g/mol. The van der Waals surface area contributed by atoms with E-state index in [0.717, 1.165) is 67.4 Å². The van der Waals surface area contributed by atoms with E-state index < -0.39 is 10.0 Å². The van der Waals surface area contributed by atoms with Crippen LogP contribution in [0.4, 0.5) is 5.95 Å². The number of anilines is 1. The lowest BCUT2D eigenvalue weighted by atomic mass is 9.60. The number of rotatable bonds is 5. The number of ether oxygens (including phenoxy) is 1. The highest BCUT2D eigenvalue weighted by Crippen LogP contribution is 2.51. The first-order valence-corrected chi connectivity index (χ1v) is 17.7. The molecule has 4 bridgehead atoms. The highest BCUT2D eigenvalue weighted by atomic mass is 32.2. The molecule has 1 atom stereocenters. The van der Waals surface area contributed by atoms with Gasteiger partial charge in [0.1, 0.15) is 6.61 Å². The summed E-state index contributed by atoms with van der Waals surface area (Å²) in [5.74, 6) is 0.445. The summed E-state index contributed by atoms with van der Waals surface area (Å²) in [5, 5.41) is 3.47. The highest BCUT2D eigenvalue weighted by Gasteiger charge is 2.49. The Kier molecular flexibility index (Phi) is 8.65. The van der Waals surface area contributed by atoms with Gasteiger partial charge in [-0.15, -0.1) is 0 Å². The number of piperidine rings is 1. The van der Waals surface area contributed by atoms with Crippen LogP contribution >= 0.6 is 0 Å². The number of fused-ring (bicyclic) bond motifs is 4. The number of carbonyl (C=O) groups excluding carboxylic acids is 1. The van der Waals surface area contributed by atoms with Gasteiger partial charge in [0, 0.05) is 22.7 Å². The molecule has 2 aromatic carbocycles. The summed E-state index contributed by atoms with van der Waals surface area (Å²) < 4.78 is 36.7. The van der Waals surface area contributed by atoms with Crippen molar-refractivity contribution in [2.75, 3.05) is 24.4 Å². The highest BCUT2D eigenvalue weighted by molar-refractivity contribution is 7.92. The van der Waals surface area contributed by atoms with Gasteiger partial charge in [-0.2, -0.15) is 4.98 Å². The van der Waals surface area contributed by atoms with E-state index in [9.17, 15) is 13.2 Å². The first kappa shape index (κ1) is 31.5. The molecule has 1 amide bonds. The van der Waals surface area contributed by atoms with Crippen LogP contribution in [0.15, 0.2) is 47.4 Å². The van der Waals surface area contributed by atoms with Crippen molar-refractivity contribution in [1.29, 1.82) is 0 Å². The number of hydrogen-bond acceptors (Lipinski definition) is 7. The number of amides is 1. The maximum Gasteiger partial charge on any atom is 0.264 e. The van der Waals surface area contributed by atoms with E-state index in [0.29, 0.717) is 29.5 Å². The van der Waals surface area contributed by atoms with Crippen LogP contribution in [0, 0.1) is 25.2 Å². The first-order chi connectivity index (χ1) is 21.5. The second-order valence-electron chi connectivity index (χ2n) is 13.6. The lowest BCUT2D eigenvalue weighted by molar-refractivity contribution is -0.0368. The second kappa shape index (κ2) is 12.4. The molecule has 1 saturated heterocycles. The molecule has 2 fully saturated rings. The van der Waals surface area contributed by atoms with Crippen molar-refractivity contribution in [2.45, 2.75) is 90.1 Å². The average molecular weight is 632 g/mol. The van der Waals surface area contributed by atoms with Gasteiger partial charge in [0.2, 0.25) is 11.8 Å². The van der Waals surface area contributed by atoms with E-state index in [4.69, 9.17) is 9.72 Å². The summed E-state index contributed by atoms with van der Waals surface area (Å²) in [5.41, 5.74) is 5.07. The maximum atomic E-state index is 14.5. The average Bonchev–Trinajstić information content (AvgIpc) is 2.98. The molecule has 9 nitrogen and oxygen atoms in total. The molecule has 0 unspecified atom stereocenters. The fraction of sp³-hybridized carbons (Fsp3) is 0.514. The van der Waals surface area contributed by atoms with Crippen LogP contribution in [-0.2, 0) is 16.4 Å². The molecule has 3 aliphatic rings. The van der Waals surface area contributed by atoms with Gasteiger partial charge in [0.15, 0.2) is 0 Å². The van der Waals surface area contributed by atoms with Crippen LogP contribution in [0.5, 0.6) is 5.88 Å². The van der Waals surface area contributed by atoms with E-state index >= 15 is 0 Å². The quantitative estimate of drug-likeness (QED) is 0.360. The number of nitrogens with zero attached hydrogens (tertiary/aromatic N) is 3. The Morgan fingerprint density at radius 3 is 2.40 bits per heavy atom. The van der Waals surface area contributed by atoms with Gasteiger partial charge in [0.05, 0.1) is 16.6 Å². The molecule has 1 spiro atoms. The minimum Gasteiger partial charge on any atom is -0.475 e. The third-order valence-electron chi connectivity index (χ3n) is 9.84. The largest absolute Gasteiger partial charge is 0.475 e. The van der Waals surface area contributed by atoms with E-state index in [1.807, 2.05) is 43.9 Å². The normalized spacial score (nSPS) is 21.2. The number of nitrogens with one attached hydrogen (secondary N) is 2. The summed E-state index contributed by atoms with van der Waals surface area (Å²) in [4.78, 5) is 25.9. The number of aryl methyl sites for hydroxylation is 2. The SMILES string of the molecule is CCc1c2nc(nc1-c1c(C)cccc1C)NS(=O)(=O)c1cccc(c1)C(=O)N(C1CC3(CCNCC3)C1)[C@H](CC(C)C)CO2. The molecule has 1 saturated carbocycles. The second-order valence-corrected chi connectivity index (χ2v) is 15.2. The Bertz CT molecular complexity index is 1670. The van der Waals surface area contributed by atoms with Gasteiger partial charge < -0.3 is 15.0 Å². The van der Waals surface area contributed by atoms with Crippen LogP contribution in [0.2, 0.25) is 0 Å². The predicted octanol–water partition coefficient (Wildman–Crippen LogP) is 5.91. The van der Waals surface area contributed by atoms with Crippen LogP contribution < -0.4 is 14.8 Å². The Labute approximate surface area is 267 Å². The van der Waals surface area contributed by atoms with Crippen LogP contribution in [0.25, 0.3) is 11.3 Å². The van der Waals surface area contributed by atoms with Crippen molar-refractivity contribution in [3.8, 4) is 17.1 Å². The van der Waals surface area contributed by atoms with Crippen molar-refractivity contribution in [2.24, 2.45) is 11.3 Å². The molecular formula is C35H45N5O4S. The van der Waals surface area contributed by atoms with E-state index in [2.05, 4.69) is 28.9 Å². The molecule has 2 N–H and O–H groups in total. The smallest absolute Gasteiger partial charge is 0.264 e. The van der Waals surface area contributed by atoms with Crippen LogP contribution in [0.3, 0.4) is 0 Å². The lowest BCUT2D eigenvalue weighted by Gasteiger charge is -2.55. The van der Waals surface area contributed by atoms with Gasteiger partial charge >= 0.3 is 0 Å². The Hall–Kier alpha value is -3.50. The summed E-state index contributed by atoms with van der Waals surface area (Å²) in [6.45, 7) is 12.7. The molecule has 6 rings (SSSR count). The van der Waals surface area contributed by atoms with Gasteiger partial charge in [-0.3, -0.25) is 4.79 Å². The fourth-order valence-corrected chi connectivity index (χ4v) is 8.57. The maximum absolute atomic E-state index is 14.5. The summed E-state index contributed by atoms with van der Waals surface area (Å²) in [6, 6.07) is 12.2. The standard InChI is InChI=1S/C35H45N5O4S/c1-6-29-31(30-23(4)9-7-10-24(30)5)37-34-38-32(29)44-21-26(17-22(2)3)40(27-19-35(20-27)13-15-36-16-14-35)33(41)25-11-8-12-28(18-25)45(42,43)39-34/h7-12,18,22,26-27,36H,6,13-17,19-21H2,1-5H3,(H,37,38,39)/t26-/m1/s1. The molecule has 240 valence electrons. The molecule has 3 aromatic rings. The van der Waals surface area contributed by atoms with Crippen molar-refractivity contribution < 1.29 is 17.9 Å². The topological polar surface area (TPSA) is 114 Å². The van der Waals surface area contributed by atoms with Gasteiger partial charge in [-0.05, 0) is 106 Å². The molecule has 45 heavy (non-hydrogen) atoms. The number of benzene rings is 2. The van der Waals surface area contributed by atoms with E-state index in [1.54, 1.807) is 12.1 Å². The molecule has 2 aliphatic heterocycles. The number of aromatic nitrogens is 2. The van der Waals surface area contributed by atoms with Crippen molar-refractivity contribution in [1.82, 2.24) is 20.2 Å². The summed E-state index contributed by atoms with van der Waals surface area (Å²) in [7, 11) is -4.11. The molecule has 1 aliphatic carbocycles. The van der Waals surface area contributed by atoms with E-state index in [-0.39, 0.29) is 40.9 Å². The third-order valence-corrected chi connectivity index (χ3v) is 11.2. The zero-order valence-electron chi connectivity index (χ0n) is 27.0. The minimum absolute atomic E-state index is 0.00403. The van der Waals surface area contributed by atoms with Gasteiger partial charge in [-0.1, -0.05) is 45.0 Å². The van der Waals surface area contributed by atoms with Gasteiger partial charge in [-0.25, -0.2) is 18.1 Å². The zero-order chi connectivity index (χ0) is 31.9. The molecule has 1 aromatic heterocycles. The fourth-order valence-electron chi connectivity index (χ4n) is 7.58. The monoisotopic (exact) mass is 631 g/mol. The minimum atomic E-state index is -4.11. The Morgan fingerprint density at radius 1 is 1.04 bits per heavy atom. The number of hydrogen-bond donors (Lipinski definition) is 2. The predicted molar refractivity (Wildman–Crippen MR) is 176 cm³/mol. The van der Waals surface area contributed by atoms with Crippen molar-refractivity contribution in [3.05, 3.63) is 64.7 Å². The van der Waals surface area contributed by atoms with Gasteiger partial charge in [0.25, 0.3) is 15.9 Å². The van der Waals surface area contributed by atoms with Crippen LogP contribution in [-0.4, -0.2) is 61.0 Å². The first-order valence-electron chi connectivity index (χ1n) is 16.3. The number of carbonyl (C=O) groups is 1. The number of sulfonamides is 1. The molecule has 0 radical (unpaired) electrons. The molecule has 10 heteroatoms. The van der Waals surface area contributed by atoms with Crippen molar-refractivity contribution >= 4 is 21.9 Å². The van der Waals surface area contributed by atoms with Crippen molar-refractivity contribution in [3.63, 3.8) is 0 Å². The summed E-state index contributed by atoms with van der Waals surface area (Å²) >= 11 is 0. The van der Waals surface area contributed by atoms with E-state index in [1.165, 1.54) is 12.1 Å².